The Morgan fingerprint density at radius 1 is 1.29 bits per heavy atom. The topological polar surface area (TPSA) is 55.1 Å². The van der Waals surface area contributed by atoms with Crippen LogP contribution in [-0.4, -0.2) is 11.9 Å². The number of carbonyl (C=O) groups is 1. The summed E-state index contributed by atoms with van der Waals surface area (Å²) in [6, 6.07) is 5.27. The average Bonchev–Trinajstić information content (AvgIpc) is 2.49. The van der Waals surface area contributed by atoms with Gasteiger partial charge in [-0.1, -0.05) is 18.6 Å². The highest BCUT2D eigenvalue weighted by Gasteiger charge is 2.40. The molecule has 3 unspecified atom stereocenters. The van der Waals surface area contributed by atoms with Gasteiger partial charge in [0.2, 0.25) is 5.91 Å². The summed E-state index contributed by atoms with van der Waals surface area (Å²) in [6.07, 6.45) is 5.35. The molecule has 2 aliphatic rings. The van der Waals surface area contributed by atoms with Gasteiger partial charge in [-0.2, -0.15) is 0 Å². The molecule has 3 rings (SSSR count). The van der Waals surface area contributed by atoms with Gasteiger partial charge in [0, 0.05) is 12.0 Å². The molecule has 3 N–H and O–H groups in total. The highest BCUT2D eigenvalue weighted by atomic mass is 35.5. The van der Waals surface area contributed by atoms with Gasteiger partial charge in [0.1, 0.15) is 5.82 Å². The van der Waals surface area contributed by atoms with E-state index in [1.54, 1.807) is 13.0 Å². The lowest BCUT2D eigenvalue weighted by Gasteiger charge is -2.43. The van der Waals surface area contributed by atoms with Crippen molar-refractivity contribution in [3.8, 4) is 0 Å². The maximum Gasteiger partial charge on any atom is 0.223 e. The van der Waals surface area contributed by atoms with Crippen LogP contribution in [0.4, 0.5) is 4.39 Å². The van der Waals surface area contributed by atoms with E-state index in [0.717, 1.165) is 31.2 Å². The molecule has 0 radical (unpaired) electrons. The Hall–Kier alpha value is -1.13. The van der Waals surface area contributed by atoms with Gasteiger partial charge in [-0.3, -0.25) is 4.79 Å². The van der Waals surface area contributed by atoms with Crippen LogP contribution in [0, 0.1) is 30.5 Å². The molecule has 1 amide bonds. The van der Waals surface area contributed by atoms with E-state index in [-0.39, 0.29) is 42.1 Å². The lowest BCUT2D eigenvalue weighted by atomic mass is 9.65. The Balaban J connectivity index is 0.00000208. The summed E-state index contributed by atoms with van der Waals surface area (Å²) in [6.45, 7) is 3.66. The SMILES string of the molecule is Cc1ccc(C(C)NC(=O)C2CC3CCCC(C2)C3N)cc1F.Cl. The predicted molar refractivity (Wildman–Crippen MR) is 96.5 cm³/mol. The molecule has 24 heavy (non-hydrogen) atoms. The summed E-state index contributed by atoms with van der Waals surface area (Å²) in [5.41, 5.74) is 7.74. The number of nitrogens with two attached hydrogens (primary N) is 1. The van der Waals surface area contributed by atoms with E-state index in [4.69, 9.17) is 5.73 Å². The third-order valence-electron chi connectivity index (χ3n) is 5.84. The van der Waals surface area contributed by atoms with Crippen LogP contribution in [-0.2, 0) is 4.79 Å². The number of carbonyl (C=O) groups excluding carboxylic acids is 1. The molecule has 2 saturated carbocycles. The minimum Gasteiger partial charge on any atom is -0.349 e. The molecule has 3 atom stereocenters. The Kier molecular flexibility index (Phi) is 6.27. The fourth-order valence-electron chi connectivity index (χ4n) is 4.30. The van der Waals surface area contributed by atoms with Crippen molar-refractivity contribution in [2.24, 2.45) is 23.5 Å². The van der Waals surface area contributed by atoms with Gasteiger partial charge >= 0.3 is 0 Å². The molecule has 1 aromatic rings. The monoisotopic (exact) mass is 354 g/mol. The van der Waals surface area contributed by atoms with Gasteiger partial charge in [0.15, 0.2) is 0 Å². The second kappa shape index (κ2) is 7.83. The number of rotatable bonds is 3. The molecule has 3 nitrogen and oxygen atoms in total. The maximum atomic E-state index is 13.7. The lowest BCUT2D eigenvalue weighted by molar-refractivity contribution is -0.128. The number of benzene rings is 1. The van der Waals surface area contributed by atoms with Crippen LogP contribution in [0.15, 0.2) is 18.2 Å². The van der Waals surface area contributed by atoms with Crippen molar-refractivity contribution in [2.45, 2.75) is 58.0 Å². The van der Waals surface area contributed by atoms with E-state index in [1.165, 1.54) is 12.5 Å². The molecule has 2 aliphatic carbocycles. The van der Waals surface area contributed by atoms with Crippen molar-refractivity contribution in [1.82, 2.24) is 5.32 Å². The maximum absolute atomic E-state index is 13.7. The summed E-state index contributed by atoms with van der Waals surface area (Å²) >= 11 is 0. The molecule has 2 bridgehead atoms. The number of nitrogens with one attached hydrogen (secondary N) is 1. The number of aryl methyl sites for hydroxylation is 1. The standard InChI is InChI=1S/C19H27FN2O.ClH/c1-11-6-7-13(10-17(11)20)12(2)22-19(23)16-8-14-4-3-5-15(9-16)18(14)21;/h6-7,10,12,14-16,18H,3-5,8-9,21H2,1-2H3,(H,22,23);1H. The summed E-state index contributed by atoms with van der Waals surface area (Å²) in [4.78, 5) is 12.6. The minimum absolute atomic E-state index is 0. The first-order chi connectivity index (χ1) is 11.0. The van der Waals surface area contributed by atoms with Gasteiger partial charge in [-0.25, -0.2) is 4.39 Å². The molecule has 0 spiro atoms. The van der Waals surface area contributed by atoms with E-state index in [0.29, 0.717) is 17.4 Å². The first-order valence-corrected chi connectivity index (χ1v) is 8.77. The van der Waals surface area contributed by atoms with Gasteiger partial charge < -0.3 is 11.1 Å². The van der Waals surface area contributed by atoms with E-state index in [2.05, 4.69) is 5.32 Å². The van der Waals surface area contributed by atoms with Crippen molar-refractivity contribution >= 4 is 18.3 Å². The number of hydrogen-bond acceptors (Lipinski definition) is 2. The van der Waals surface area contributed by atoms with Gasteiger partial charge in [0.25, 0.3) is 0 Å². The fourth-order valence-corrected chi connectivity index (χ4v) is 4.30. The second-order valence-corrected chi connectivity index (χ2v) is 7.44. The van der Waals surface area contributed by atoms with Crippen LogP contribution >= 0.6 is 12.4 Å². The highest BCUT2D eigenvalue weighted by molar-refractivity contribution is 5.85. The van der Waals surface area contributed by atoms with Gasteiger partial charge in [-0.05, 0) is 68.6 Å². The number of amides is 1. The molecule has 0 saturated heterocycles. The number of fused-ring (bicyclic) bond motifs is 2. The van der Waals surface area contributed by atoms with Crippen LogP contribution < -0.4 is 11.1 Å². The predicted octanol–water partition coefficient (Wildman–Crippen LogP) is 3.89. The first-order valence-electron chi connectivity index (χ1n) is 8.77. The fraction of sp³-hybridized carbons (Fsp3) is 0.632. The van der Waals surface area contributed by atoms with Crippen LogP contribution in [0.2, 0.25) is 0 Å². The van der Waals surface area contributed by atoms with Crippen LogP contribution in [0.3, 0.4) is 0 Å². The Bertz CT molecular complexity index is 581. The molecule has 5 heteroatoms. The van der Waals surface area contributed by atoms with E-state index < -0.39 is 0 Å². The Morgan fingerprint density at radius 2 is 1.92 bits per heavy atom. The van der Waals surface area contributed by atoms with Crippen molar-refractivity contribution in [3.63, 3.8) is 0 Å². The number of halogens is 2. The first kappa shape index (κ1) is 19.2. The molecule has 134 valence electrons. The zero-order chi connectivity index (χ0) is 16.6. The summed E-state index contributed by atoms with van der Waals surface area (Å²) in [7, 11) is 0. The zero-order valence-electron chi connectivity index (χ0n) is 14.4. The minimum atomic E-state index is -0.221. The van der Waals surface area contributed by atoms with Crippen LogP contribution in [0.1, 0.15) is 56.2 Å². The Labute approximate surface area is 150 Å². The molecule has 0 heterocycles. The normalized spacial score (nSPS) is 30.2. The second-order valence-electron chi connectivity index (χ2n) is 7.44. The van der Waals surface area contributed by atoms with E-state index >= 15 is 0 Å². The van der Waals surface area contributed by atoms with Crippen molar-refractivity contribution < 1.29 is 9.18 Å². The van der Waals surface area contributed by atoms with Crippen LogP contribution in [0.5, 0.6) is 0 Å². The number of hydrogen-bond donors (Lipinski definition) is 2. The van der Waals surface area contributed by atoms with Gasteiger partial charge in [-0.15, -0.1) is 12.4 Å². The molecule has 0 aromatic heterocycles. The van der Waals surface area contributed by atoms with Crippen molar-refractivity contribution in [1.29, 1.82) is 0 Å². The summed E-state index contributed by atoms with van der Waals surface area (Å²) in [5, 5.41) is 3.07. The molecule has 1 aromatic carbocycles. The molecule has 2 fully saturated rings. The zero-order valence-corrected chi connectivity index (χ0v) is 15.2. The largest absolute Gasteiger partial charge is 0.349 e. The third-order valence-corrected chi connectivity index (χ3v) is 5.84. The quantitative estimate of drug-likeness (QED) is 0.865. The molecular formula is C19H28ClFN2O. The highest BCUT2D eigenvalue weighted by Crippen LogP contribution is 2.42. The lowest BCUT2D eigenvalue weighted by Crippen LogP contribution is -2.49. The summed E-state index contributed by atoms with van der Waals surface area (Å²) < 4.78 is 13.7. The summed E-state index contributed by atoms with van der Waals surface area (Å²) in [5.74, 6) is 0.919. The molecular weight excluding hydrogens is 327 g/mol. The van der Waals surface area contributed by atoms with E-state index in [9.17, 15) is 9.18 Å². The van der Waals surface area contributed by atoms with E-state index in [1.807, 2.05) is 13.0 Å². The van der Waals surface area contributed by atoms with Crippen LogP contribution in [0.25, 0.3) is 0 Å². The van der Waals surface area contributed by atoms with Crippen molar-refractivity contribution in [3.05, 3.63) is 35.1 Å². The third kappa shape index (κ3) is 3.92. The molecule has 0 aliphatic heterocycles. The van der Waals surface area contributed by atoms with Crippen molar-refractivity contribution in [2.75, 3.05) is 0 Å². The smallest absolute Gasteiger partial charge is 0.223 e. The van der Waals surface area contributed by atoms with Gasteiger partial charge in [0.05, 0.1) is 6.04 Å². The Morgan fingerprint density at radius 3 is 2.50 bits per heavy atom. The average molecular weight is 355 g/mol.